The summed E-state index contributed by atoms with van der Waals surface area (Å²) >= 11 is 0. The van der Waals surface area contributed by atoms with Crippen molar-refractivity contribution in [2.24, 2.45) is 5.92 Å². The monoisotopic (exact) mass is 306 g/mol. The number of amides is 1. The van der Waals surface area contributed by atoms with E-state index in [4.69, 9.17) is 9.47 Å². The molecule has 1 unspecified atom stereocenters. The molecule has 7 nitrogen and oxygen atoms in total. The van der Waals surface area contributed by atoms with Crippen LogP contribution in [0, 0.1) is 5.92 Å². The molecular weight excluding hydrogens is 284 g/mol. The molecule has 0 saturated carbocycles. The molecule has 2 saturated heterocycles. The Hall–Kier alpha value is -1.89. The molecule has 0 spiro atoms. The molecule has 0 aliphatic carbocycles. The predicted molar refractivity (Wildman–Crippen MR) is 80.9 cm³/mol. The highest BCUT2D eigenvalue weighted by Crippen LogP contribution is 2.22. The molecule has 0 radical (unpaired) electrons. The molecule has 1 aromatic heterocycles. The summed E-state index contributed by atoms with van der Waals surface area (Å²) in [5.74, 6) is 1.44. The zero-order chi connectivity index (χ0) is 15.4. The van der Waals surface area contributed by atoms with Crippen LogP contribution in [0.1, 0.15) is 19.3 Å². The molecule has 2 fully saturated rings. The van der Waals surface area contributed by atoms with Gasteiger partial charge in [-0.2, -0.15) is 0 Å². The van der Waals surface area contributed by atoms with Gasteiger partial charge in [0.1, 0.15) is 0 Å². The molecule has 22 heavy (non-hydrogen) atoms. The summed E-state index contributed by atoms with van der Waals surface area (Å²) in [6, 6.07) is 0.257. The van der Waals surface area contributed by atoms with Crippen molar-refractivity contribution in [3.8, 4) is 5.75 Å². The van der Waals surface area contributed by atoms with E-state index in [1.54, 1.807) is 19.5 Å². The average molecular weight is 306 g/mol. The third-order valence-corrected chi connectivity index (χ3v) is 4.26. The van der Waals surface area contributed by atoms with Gasteiger partial charge in [0.25, 0.3) is 0 Å². The van der Waals surface area contributed by atoms with Crippen LogP contribution < -0.4 is 15.0 Å². The molecule has 3 rings (SSSR count). The Kier molecular flexibility index (Phi) is 4.72. The number of rotatable bonds is 4. The van der Waals surface area contributed by atoms with Crippen molar-refractivity contribution >= 4 is 11.9 Å². The van der Waals surface area contributed by atoms with E-state index in [-0.39, 0.29) is 17.9 Å². The van der Waals surface area contributed by atoms with E-state index >= 15 is 0 Å². The maximum absolute atomic E-state index is 12.4. The first kappa shape index (κ1) is 15.0. The number of hydrogen-bond donors (Lipinski definition) is 1. The number of nitrogens with one attached hydrogen (secondary N) is 1. The lowest BCUT2D eigenvalue weighted by Crippen LogP contribution is -2.42. The summed E-state index contributed by atoms with van der Waals surface area (Å²) in [6.07, 6.45) is 5.95. The third-order valence-electron chi connectivity index (χ3n) is 4.26. The molecule has 1 N–H and O–H groups in total. The number of anilines is 1. The topological polar surface area (TPSA) is 76.6 Å². The van der Waals surface area contributed by atoms with Crippen LogP contribution in [0.5, 0.6) is 5.75 Å². The number of carbonyl (C=O) groups excluding carboxylic acids is 1. The second-order valence-corrected chi connectivity index (χ2v) is 5.75. The fourth-order valence-electron chi connectivity index (χ4n) is 2.89. The quantitative estimate of drug-likeness (QED) is 0.878. The second kappa shape index (κ2) is 6.91. The lowest BCUT2D eigenvalue weighted by molar-refractivity contribution is -0.125. The lowest BCUT2D eigenvalue weighted by atomic mass is 10.1. The molecule has 3 heterocycles. The van der Waals surface area contributed by atoms with Crippen LogP contribution in [0.2, 0.25) is 0 Å². The van der Waals surface area contributed by atoms with E-state index in [9.17, 15) is 4.79 Å². The molecule has 1 aromatic rings. The molecule has 2 aliphatic rings. The summed E-state index contributed by atoms with van der Waals surface area (Å²) in [6.45, 7) is 2.95. The van der Waals surface area contributed by atoms with Gasteiger partial charge in [0.05, 0.1) is 25.4 Å². The van der Waals surface area contributed by atoms with Gasteiger partial charge in [-0.15, -0.1) is 0 Å². The van der Waals surface area contributed by atoms with E-state index < -0.39 is 0 Å². The van der Waals surface area contributed by atoms with Crippen LogP contribution >= 0.6 is 0 Å². The molecule has 0 bridgehead atoms. The second-order valence-electron chi connectivity index (χ2n) is 5.75. The number of nitrogens with zero attached hydrogens (tertiary/aromatic N) is 3. The highest BCUT2D eigenvalue weighted by atomic mass is 16.5. The van der Waals surface area contributed by atoms with Crippen molar-refractivity contribution in [1.29, 1.82) is 0 Å². The molecule has 0 aromatic carbocycles. The van der Waals surface area contributed by atoms with Gasteiger partial charge in [0.2, 0.25) is 11.9 Å². The van der Waals surface area contributed by atoms with Crippen molar-refractivity contribution in [2.75, 3.05) is 38.3 Å². The van der Waals surface area contributed by atoms with Crippen molar-refractivity contribution in [3.05, 3.63) is 12.4 Å². The molecule has 120 valence electrons. The molecular formula is C15H22N4O3. The Morgan fingerprint density at radius 2 is 2.05 bits per heavy atom. The smallest absolute Gasteiger partial charge is 0.225 e. The Morgan fingerprint density at radius 1 is 1.32 bits per heavy atom. The maximum Gasteiger partial charge on any atom is 0.225 e. The molecule has 1 amide bonds. The lowest BCUT2D eigenvalue weighted by Gasteiger charge is -2.24. The van der Waals surface area contributed by atoms with Gasteiger partial charge in [0.15, 0.2) is 5.75 Å². The summed E-state index contributed by atoms with van der Waals surface area (Å²) < 4.78 is 10.4. The Morgan fingerprint density at radius 3 is 2.73 bits per heavy atom. The molecule has 7 heteroatoms. The minimum Gasteiger partial charge on any atom is -0.494 e. The first-order valence-electron chi connectivity index (χ1n) is 7.75. The highest BCUT2D eigenvalue weighted by Gasteiger charge is 2.31. The number of hydrogen-bond acceptors (Lipinski definition) is 6. The van der Waals surface area contributed by atoms with Crippen LogP contribution in [-0.2, 0) is 9.53 Å². The van der Waals surface area contributed by atoms with Gasteiger partial charge in [0, 0.05) is 32.3 Å². The Labute approximate surface area is 130 Å². The third kappa shape index (κ3) is 3.47. The SMILES string of the molecule is COc1cnc(N2CCC(C(=O)NC3CCOCC3)C2)nc1. The van der Waals surface area contributed by atoms with Crippen LogP contribution in [0.25, 0.3) is 0 Å². The first-order chi connectivity index (χ1) is 10.8. The predicted octanol–water partition coefficient (Wildman–Crippen LogP) is 0.607. The van der Waals surface area contributed by atoms with Gasteiger partial charge in [-0.1, -0.05) is 0 Å². The van der Waals surface area contributed by atoms with E-state index in [1.807, 2.05) is 4.90 Å². The van der Waals surface area contributed by atoms with Crippen LogP contribution in [0.3, 0.4) is 0 Å². The van der Waals surface area contributed by atoms with Gasteiger partial charge in [-0.25, -0.2) is 9.97 Å². The molecule has 2 aliphatic heterocycles. The Balaban J connectivity index is 1.53. The van der Waals surface area contributed by atoms with Gasteiger partial charge >= 0.3 is 0 Å². The average Bonchev–Trinajstić information content (AvgIpc) is 3.06. The van der Waals surface area contributed by atoms with Crippen LogP contribution in [-0.4, -0.2) is 55.3 Å². The van der Waals surface area contributed by atoms with Crippen molar-refractivity contribution in [2.45, 2.75) is 25.3 Å². The zero-order valence-electron chi connectivity index (χ0n) is 12.8. The van der Waals surface area contributed by atoms with E-state index in [1.165, 1.54) is 0 Å². The summed E-state index contributed by atoms with van der Waals surface area (Å²) in [7, 11) is 1.59. The normalized spacial score (nSPS) is 22.6. The summed E-state index contributed by atoms with van der Waals surface area (Å²) in [4.78, 5) is 23.0. The first-order valence-corrected chi connectivity index (χ1v) is 7.75. The number of ether oxygens (including phenoxy) is 2. The largest absolute Gasteiger partial charge is 0.494 e. The number of aromatic nitrogens is 2. The minimum atomic E-state index is 0.00791. The fourth-order valence-corrected chi connectivity index (χ4v) is 2.89. The van der Waals surface area contributed by atoms with Gasteiger partial charge in [-0.05, 0) is 19.3 Å². The van der Waals surface area contributed by atoms with Gasteiger partial charge < -0.3 is 19.7 Å². The maximum atomic E-state index is 12.4. The number of methoxy groups -OCH3 is 1. The van der Waals surface area contributed by atoms with Crippen LogP contribution in [0.4, 0.5) is 5.95 Å². The van der Waals surface area contributed by atoms with E-state index in [2.05, 4.69) is 15.3 Å². The number of carbonyl (C=O) groups is 1. The van der Waals surface area contributed by atoms with E-state index in [0.717, 1.165) is 39.0 Å². The van der Waals surface area contributed by atoms with Crippen LogP contribution in [0.15, 0.2) is 12.4 Å². The van der Waals surface area contributed by atoms with Crippen molar-refractivity contribution < 1.29 is 14.3 Å². The zero-order valence-corrected chi connectivity index (χ0v) is 12.8. The summed E-state index contributed by atoms with van der Waals surface area (Å²) in [5.41, 5.74) is 0. The Bertz CT molecular complexity index is 502. The summed E-state index contributed by atoms with van der Waals surface area (Å²) in [5, 5.41) is 3.14. The fraction of sp³-hybridized carbons (Fsp3) is 0.667. The van der Waals surface area contributed by atoms with Gasteiger partial charge in [-0.3, -0.25) is 4.79 Å². The highest BCUT2D eigenvalue weighted by molar-refractivity contribution is 5.80. The standard InChI is InChI=1S/C15H22N4O3/c1-21-13-8-16-15(17-9-13)19-5-2-11(10-19)14(20)18-12-3-6-22-7-4-12/h8-9,11-12H,2-7,10H2,1H3,(H,18,20). The van der Waals surface area contributed by atoms with Crippen molar-refractivity contribution in [1.82, 2.24) is 15.3 Å². The van der Waals surface area contributed by atoms with E-state index in [0.29, 0.717) is 18.2 Å². The van der Waals surface area contributed by atoms with Crippen molar-refractivity contribution in [3.63, 3.8) is 0 Å². The molecule has 1 atom stereocenters. The minimum absolute atomic E-state index is 0.00791.